The van der Waals surface area contributed by atoms with Crippen molar-refractivity contribution in [1.29, 1.82) is 0 Å². The minimum absolute atomic E-state index is 0.00408. The lowest BCUT2D eigenvalue weighted by Gasteiger charge is -2.36. The predicted octanol–water partition coefficient (Wildman–Crippen LogP) is 6.24. The number of rotatable bonds is 3. The second-order valence-corrected chi connectivity index (χ2v) is 7.17. The second kappa shape index (κ2) is 6.94. The van der Waals surface area contributed by atoms with Crippen LogP contribution in [-0.2, 0) is 6.42 Å². The van der Waals surface area contributed by atoms with Crippen LogP contribution in [0.4, 0.5) is 4.39 Å². The summed E-state index contributed by atoms with van der Waals surface area (Å²) in [5.74, 6) is 2.57. The number of halogens is 1. The van der Waals surface area contributed by atoms with Crippen LogP contribution >= 0.6 is 0 Å². The minimum Gasteiger partial charge on any atom is -0.207 e. The standard InChI is InChI=1S/C20H29F/c1-2-18-19(9-6-10-20(18)21)17-13-11-16(12-14-17)15-7-4-3-5-8-15/h6,9-10,15-17H,2-5,7-8,11-14H2,1H3. The largest absolute Gasteiger partial charge is 0.207 e. The summed E-state index contributed by atoms with van der Waals surface area (Å²) in [5.41, 5.74) is 2.28. The molecule has 2 saturated carbocycles. The fraction of sp³-hybridized carbons (Fsp3) is 0.700. The zero-order valence-electron chi connectivity index (χ0n) is 13.4. The third-order valence-electron chi connectivity index (χ3n) is 6.04. The molecule has 0 amide bonds. The highest BCUT2D eigenvalue weighted by Gasteiger charge is 2.29. The summed E-state index contributed by atoms with van der Waals surface area (Å²) in [5, 5.41) is 0. The van der Waals surface area contributed by atoms with Crippen molar-refractivity contribution in [2.75, 3.05) is 0 Å². The molecule has 116 valence electrons. The SMILES string of the molecule is CCc1c(F)cccc1C1CCC(C2CCCCC2)CC1. The van der Waals surface area contributed by atoms with Gasteiger partial charge in [0.05, 0.1) is 0 Å². The molecule has 2 fully saturated rings. The zero-order chi connectivity index (χ0) is 14.7. The first-order valence-corrected chi connectivity index (χ1v) is 9.07. The average molecular weight is 288 g/mol. The molecule has 21 heavy (non-hydrogen) atoms. The van der Waals surface area contributed by atoms with Crippen molar-refractivity contribution < 1.29 is 4.39 Å². The fourth-order valence-electron chi connectivity index (χ4n) is 4.84. The molecule has 0 spiro atoms. The van der Waals surface area contributed by atoms with Gasteiger partial charge in [0.15, 0.2) is 0 Å². The highest BCUT2D eigenvalue weighted by Crippen LogP contribution is 2.43. The summed E-state index contributed by atoms with van der Waals surface area (Å²) in [7, 11) is 0. The number of hydrogen-bond acceptors (Lipinski definition) is 0. The first kappa shape index (κ1) is 15.1. The van der Waals surface area contributed by atoms with Gasteiger partial charge in [-0.05, 0) is 67.1 Å². The molecule has 0 bridgehead atoms. The van der Waals surface area contributed by atoms with Crippen molar-refractivity contribution in [3.05, 3.63) is 35.1 Å². The quantitative estimate of drug-likeness (QED) is 0.617. The lowest BCUT2D eigenvalue weighted by atomic mass is 9.69. The van der Waals surface area contributed by atoms with E-state index in [9.17, 15) is 4.39 Å². The zero-order valence-corrected chi connectivity index (χ0v) is 13.4. The van der Waals surface area contributed by atoms with Gasteiger partial charge in [-0.2, -0.15) is 0 Å². The first-order valence-electron chi connectivity index (χ1n) is 9.07. The van der Waals surface area contributed by atoms with Crippen molar-refractivity contribution in [3.63, 3.8) is 0 Å². The van der Waals surface area contributed by atoms with Gasteiger partial charge >= 0.3 is 0 Å². The summed E-state index contributed by atoms with van der Waals surface area (Å²) >= 11 is 0. The molecule has 0 heterocycles. The predicted molar refractivity (Wildman–Crippen MR) is 87.1 cm³/mol. The second-order valence-electron chi connectivity index (χ2n) is 7.17. The molecule has 1 aromatic rings. The van der Waals surface area contributed by atoms with Crippen LogP contribution in [-0.4, -0.2) is 0 Å². The smallest absolute Gasteiger partial charge is 0.126 e. The van der Waals surface area contributed by atoms with Crippen molar-refractivity contribution in [2.45, 2.75) is 77.0 Å². The summed E-state index contributed by atoms with van der Waals surface area (Å²) < 4.78 is 14.0. The van der Waals surface area contributed by atoms with Gasteiger partial charge < -0.3 is 0 Å². The summed E-state index contributed by atoms with van der Waals surface area (Å²) in [6.07, 6.45) is 13.4. The van der Waals surface area contributed by atoms with E-state index in [0.29, 0.717) is 5.92 Å². The fourth-order valence-corrected chi connectivity index (χ4v) is 4.84. The van der Waals surface area contributed by atoms with E-state index < -0.39 is 0 Å². The maximum Gasteiger partial charge on any atom is 0.126 e. The Morgan fingerprint density at radius 1 is 0.905 bits per heavy atom. The molecule has 0 unspecified atom stereocenters. The Bertz CT molecular complexity index is 451. The molecule has 0 N–H and O–H groups in total. The Morgan fingerprint density at radius 3 is 2.24 bits per heavy atom. The molecule has 0 aromatic heterocycles. The van der Waals surface area contributed by atoms with E-state index >= 15 is 0 Å². The van der Waals surface area contributed by atoms with E-state index in [-0.39, 0.29) is 5.82 Å². The van der Waals surface area contributed by atoms with Crippen LogP contribution in [0.2, 0.25) is 0 Å². The Hall–Kier alpha value is -0.850. The van der Waals surface area contributed by atoms with Gasteiger partial charge in [0.25, 0.3) is 0 Å². The average Bonchev–Trinajstić information content (AvgIpc) is 2.55. The monoisotopic (exact) mass is 288 g/mol. The Kier molecular flexibility index (Phi) is 4.98. The number of hydrogen-bond donors (Lipinski definition) is 0. The molecule has 1 heteroatoms. The van der Waals surface area contributed by atoms with Crippen LogP contribution in [0.5, 0.6) is 0 Å². The van der Waals surface area contributed by atoms with E-state index in [1.165, 1.54) is 63.4 Å². The van der Waals surface area contributed by atoms with Crippen LogP contribution in [0.25, 0.3) is 0 Å². The van der Waals surface area contributed by atoms with E-state index in [4.69, 9.17) is 0 Å². The van der Waals surface area contributed by atoms with Gasteiger partial charge in [0.2, 0.25) is 0 Å². The van der Waals surface area contributed by atoms with E-state index in [1.807, 2.05) is 6.07 Å². The van der Waals surface area contributed by atoms with Gasteiger partial charge in [-0.3, -0.25) is 0 Å². The molecule has 0 radical (unpaired) electrons. The molecule has 1 aromatic carbocycles. The molecule has 2 aliphatic rings. The van der Waals surface area contributed by atoms with Crippen LogP contribution in [0, 0.1) is 17.7 Å². The molecule has 3 rings (SSSR count). The lowest BCUT2D eigenvalue weighted by molar-refractivity contribution is 0.185. The molecule has 0 aliphatic heterocycles. The van der Waals surface area contributed by atoms with Gasteiger partial charge in [-0.1, -0.05) is 51.2 Å². The molecule has 0 saturated heterocycles. The Morgan fingerprint density at radius 2 is 1.57 bits per heavy atom. The first-order chi connectivity index (χ1) is 10.3. The molecular formula is C20H29F. The summed E-state index contributed by atoms with van der Waals surface area (Å²) in [6, 6.07) is 5.69. The molecule has 0 nitrogen and oxygen atoms in total. The van der Waals surface area contributed by atoms with Gasteiger partial charge in [-0.15, -0.1) is 0 Å². The molecular weight excluding hydrogens is 259 g/mol. The molecule has 0 atom stereocenters. The van der Waals surface area contributed by atoms with Crippen molar-refractivity contribution in [1.82, 2.24) is 0 Å². The van der Waals surface area contributed by atoms with E-state index in [1.54, 1.807) is 6.07 Å². The van der Waals surface area contributed by atoms with E-state index in [2.05, 4.69) is 13.0 Å². The highest BCUT2D eigenvalue weighted by molar-refractivity contribution is 5.32. The maximum absolute atomic E-state index is 14.0. The van der Waals surface area contributed by atoms with Crippen molar-refractivity contribution >= 4 is 0 Å². The Balaban J connectivity index is 1.64. The third-order valence-corrected chi connectivity index (χ3v) is 6.04. The van der Waals surface area contributed by atoms with Gasteiger partial charge in [-0.25, -0.2) is 4.39 Å². The van der Waals surface area contributed by atoms with Crippen LogP contribution < -0.4 is 0 Å². The van der Waals surface area contributed by atoms with Gasteiger partial charge in [0.1, 0.15) is 5.82 Å². The van der Waals surface area contributed by atoms with E-state index in [0.717, 1.165) is 23.8 Å². The van der Waals surface area contributed by atoms with Crippen LogP contribution in [0.15, 0.2) is 18.2 Å². The van der Waals surface area contributed by atoms with Crippen LogP contribution in [0.3, 0.4) is 0 Å². The van der Waals surface area contributed by atoms with Gasteiger partial charge in [0, 0.05) is 0 Å². The summed E-state index contributed by atoms with van der Waals surface area (Å²) in [4.78, 5) is 0. The normalized spacial score (nSPS) is 27.7. The molecule has 2 aliphatic carbocycles. The minimum atomic E-state index is 0.00408. The lowest BCUT2D eigenvalue weighted by Crippen LogP contribution is -2.23. The maximum atomic E-state index is 14.0. The topological polar surface area (TPSA) is 0 Å². The highest BCUT2D eigenvalue weighted by atomic mass is 19.1. The number of benzene rings is 1. The van der Waals surface area contributed by atoms with Crippen LogP contribution in [0.1, 0.15) is 81.8 Å². The third kappa shape index (κ3) is 3.33. The Labute approximate surface area is 129 Å². The summed E-state index contributed by atoms with van der Waals surface area (Å²) in [6.45, 7) is 2.08. The van der Waals surface area contributed by atoms with Crippen molar-refractivity contribution in [2.24, 2.45) is 11.8 Å². The van der Waals surface area contributed by atoms with Crippen molar-refractivity contribution in [3.8, 4) is 0 Å².